The van der Waals surface area contributed by atoms with Gasteiger partial charge < -0.3 is 4.74 Å². The van der Waals surface area contributed by atoms with E-state index in [4.69, 9.17) is 4.74 Å². The number of carbonyl (C=O) groups excluding carboxylic acids is 2. The highest BCUT2D eigenvalue weighted by atomic mass is 16.5. The van der Waals surface area contributed by atoms with Gasteiger partial charge in [-0.25, -0.2) is 0 Å². The lowest BCUT2D eigenvalue weighted by Gasteiger charge is -2.41. The van der Waals surface area contributed by atoms with Gasteiger partial charge in [-0.05, 0) is 24.7 Å². The maximum absolute atomic E-state index is 11.8. The molecule has 1 fully saturated rings. The molecule has 0 bridgehead atoms. The van der Waals surface area contributed by atoms with E-state index < -0.39 is 5.92 Å². The molecule has 0 aromatic heterocycles. The van der Waals surface area contributed by atoms with E-state index in [1.807, 2.05) is 13.8 Å². The van der Waals surface area contributed by atoms with Crippen LogP contribution in [0.2, 0.25) is 0 Å². The van der Waals surface area contributed by atoms with E-state index in [1.165, 1.54) is 0 Å². The van der Waals surface area contributed by atoms with Crippen LogP contribution in [-0.2, 0) is 14.3 Å². The molecule has 0 amide bonds. The number of esters is 1. The van der Waals surface area contributed by atoms with E-state index in [0.717, 1.165) is 6.42 Å². The number of ketones is 1. The Morgan fingerprint density at radius 2 is 2.13 bits per heavy atom. The number of carbonyl (C=O) groups is 2. The molecule has 0 radical (unpaired) electrons. The molecule has 1 saturated carbocycles. The van der Waals surface area contributed by atoms with Crippen molar-refractivity contribution in [3.8, 4) is 0 Å². The first-order chi connectivity index (χ1) is 6.91. The maximum atomic E-state index is 11.8. The predicted octanol–water partition coefficient (Wildman–Crippen LogP) is 2.19. The van der Waals surface area contributed by atoms with Crippen molar-refractivity contribution in [2.75, 3.05) is 6.61 Å². The predicted molar refractivity (Wildman–Crippen MR) is 57.3 cm³/mol. The number of hydrogen-bond acceptors (Lipinski definition) is 3. The van der Waals surface area contributed by atoms with Crippen LogP contribution in [0.1, 0.15) is 40.5 Å². The zero-order chi connectivity index (χ0) is 11.6. The van der Waals surface area contributed by atoms with Crippen LogP contribution in [0.5, 0.6) is 0 Å². The Balaban J connectivity index is 2.90. The third-order valence-corrected chi connectivity index (χ3v) is 3.68. The second-order valence-electron chi connectivity index (χ2n) is 4.91. The first kappa shape index (κ1) is 12.2. The molecule has 86 valence electrons. The second kappa shape index (κ2) is 4.33. The van der Waals surface area contributed by atoms with Crippen LogP contribution in [-0.4, -0.2) is 18.4 Å². The third-order valence-electron chi connectivity index (χ3n) is 3.68. The fourth-order valence-corrected chi connectivity index (χ4v) is 2.24. The number of hydrogen-bond donors (Lipinski definition) is 0. The van der Waals surface area contributed by atoms with Crippen molar-refractivity contribution in [1.29, 1.82) is 0 Å². The van der Waals surface area contributed by atoms with E-state index in [1.54, 1.807) is 6.92 Å². The van der Waals surface area contributed by atoms with Gasteiger partial charge in [0.25, 0.3) is 0 Å². The molecular weight excluding hydrogens is 192 g/mol. The first-order valence-corrected chi connectivity index (χ1v) is 5.60. The zero-order valence-corrected chi connectivity index (χ0v) is 10.0. The molecule has 3 nitrogen and oxygen atoms in total. The van der Waals surface area contributed by atoms with Gasteiger partial charge in [0.15, 0.2) is 0 Å². The molecule has 2 atom stereocenters. The summed E-state index contributed by atoms with van der Waals surface area (Å²) in [5.74, 6) is -0.499. The highest BCUT2D eigenvalue weighted by Gasteiger charge is 2.47. The van der Waals surface area contributed by atoms with Crippen LogP contribution in [0, 0.1) is 17.3 Å². The van der Waals surface area contributed by atoms with Crippen LogP contribution < -0.4 is 0 Å². The van der Waals surface area contributed by atoms with E-state index in [0.29, 0.717) is 18.9 Å². The highest BCUT2D eigenvalue weighted by Crippen LogP contribution is 2.43. The molecular formula is C12H20O3. The maximum Gasteiger partial charge on any atom is 0.317 e. The molecule has 0 aliphatic heterocycles. The lowest BCUT2D eigenvalue weighted by molar-refractivity contribution is -0.160. The number of ether oxygens (including phenoxy) is 1. The molecule has 15 heavy (non-hydrogen) atoms. The van der Waals surface area contributed by atoms with Crippen molar-refractivity contribution in [3.05, 3.63) is 0 Å². The number of Topliss-reactive ketones (excluding diaryl/α,β-unsaturated/α-hetero) is 1. The molecule has 2 unspecified atom stereocenters. The Labute approximate surface area is 91.2 Å². The van der Waals surface area contributed by atoms with E-state index >= 15 is 0 Å². The van der Waals surface area contributed by atoms with Gasteiger partial charge in [-0.1, -0.05) is 20.8 Å². The summed E-state index contributed by atoms with van der Waals surface area (Å²) in [7, 11) is 0. The molecule has 0 aromatic carbocycles. The van der Waals surface area contributed by atoms with Gasteiger partial charge in [0.1, 0.15) is 11.7 Å². The van der Waals surface area contributed by atoms with Gasteiger partial charge in [0.2, 0.25) is 0 Å². The highest BCUT2D eigenvalue weighted by molar-refractivity contribution is 6.00. The second-order valence-corrected chi connectivity index (χ2v) is 4.91. The van der Waals surface area contributed by atoms with Crippen LogP contribution >= 0.6 is 0 Å². The summed E-state index contributed by atoms with van der Waals surface area (Å²) in [6.45, 7) is 8.17. The summed E-state index contributed by atoms with van der Waals surface area (Å²) in [6, 6.07) is 0. The molecule has 0 saturated heterocycles. The summed E-state index contributed by atoms with van der Waals surface area (Å²) in [5.41, 5.74) is -0.276. The molecule has 1 aliphatic carbocycles. The van der Waals surface area contributed by atoms with Crippen LogP contribution in [0.4, 0.5) is 0 Å². The van der Waals surface area contributed by atoms with Gasteiger partial charge in [-0.15, -0.1) is 0 Å². The third kappa shape index (κ3) is 2.21. The standard InChI is InChI=1S/C12H20O3/c1-5-15-11(14)10-9(13)7-6-8(2)12(10,3)4/h8,10H,5-7H2,1-4H3. The molecule has 0 aromatic rings. The van der Waals surface area contributed by atoms with Gasteiger partial charge in [-0.2, -0.15) is 0 Å². The van der Waals surface area contributed by atoms with Crippen molar-refractivity contribution >= 4 is 11.8 Å². The normalized spacial score (nSPS) is 30.0. The quantitative estimate of drug-likeness (QED) is 0.520. The molecule has 0 N–H and O–H groups in total. The van der Waals surface area contributed by atoms with Crippen LogP contribution in [0.15, 0.2) is 0 Å². The fraction of sp³-hybridized carbons (Fsp3) is 0.833. The first-order valence-electron chi connectivity index (χ1n) is 5.60. The molecule has 1 aliphatic rings. The smallest absolute Gasteiger partial charge is 0.317 e. The largest absolute Gasteiger partial charge is 0.465 e. The number of rotatable bonds is 2. The topological polar surface area (TPSA) is 43.4 Å². The lowest BCUT2D eigenvalue weighted by atomic mass is 9.62. The minimum absolute atomic E-state index is 0.0385. The zero-order valence-electron chi connectivity index (χ0n) is 10.0. The van der Waals surface area contributed by atoms with Gasteiger partial charge >= 0.3 is 5.97 Å². The van der Waals surface area contributed by atoms with E-state index in [2.05, 4.69) is 6.92 Å². The van der Waals surface area contributed by atoms with Crippen LogP contribution in [0.3, 0.4) is 0 Å². The van der Waals surface area contributed by atoms with Gasteiger partial charge in [-0.3, -0.25) is 9.59 Å². The van der Waals surface area contributed by atoms with Crippen molar-refractivity contribution in [3.63, 3.8) is 0 Å². The molecule has 0 heterocycles. The van der Waals surface area contributed by atoms with Crippen LogP contribution in [0.25, 0.3) is 0 Å². The minimum atomic E-state index is -0.568. The summed E-state index contributed by atoms with van der Waals surface area (Å²) >= 11 is 0. The average molecular weight is 212 g/mol. The Morgan fingerprint density at radius 1 is 1.53 bits per heavy atom. The summed E-state index contributed by atoms with van der Waals surface area (Å²) in [5, 5.41) is 0. The Bertz CT molecular complexity index is 268. The summed E-state index contributed by atoms with van der Waals surface area (Å²) in [6.07, 6.45) is 1.38. The lowest BCUT2D eigenvalue weighted by Crippen LogP contribution is -2.45. The monoisotopic (exact) mass is 212 g/mol. The fourth-order valence-electron chi connectivity index (χ4n) is 2.24. The summed E-state index contributed by atoms with van der Waals surface area (Å²) in [4.78, 5) is 23.5. The Morgan fingerprint density at radius 3 is 2.67 bits per heavy atom. The van der Waals surface area contributed by atoms with E-state index in [-0.39, 0.29) is 17.2 Å². The van der Waals surface area contributed by atoms with Crippen molar-refractivity contribution in [2.24, 2.45) is 17.3 Å². The molecule has 3 heteroatoms. The van der Waals surface area contributed by atoms with Crippen molar-refractivity contribution < 1.29 is 14.3 Å². The Kier molecular flexibility index (Phi) is 3.53. The average Bonchev–Trinajstić information content (AvgIpc) is 2.12. The van der Waals surface area contributed by atoms with Crippen molar-refractivity contribution in [2.45, 2.75) is 40.5 Å². The van der Waals surface area contributed by atoms with Gasteiger partial charge in [0, 0.05) is 6.42 Å². The summed E-state index contributed by atoms with van der Waals surface area (Å²) < 4.78 is 4.98. The minimum Gasteiger partial charge on any atom is -0.465 e. The Hall–Kier alpha value is -0.860. The SMILES string of the molecule is CCOC(=O)C1C(=O)CCC(C)C1(C)C. The molecule has 1 rings (SSSR count). The van der Waals surface area contributed by atoms with E-state index in [9.17, 15) is 9.59 Å². The van der Waals surface area contributed by atoms with Gasteiger partial charge in [0.05, 0.1) is 6.61 Å². The van der Waals surface area contributed by atoms with Crippen molar-refractivity contribution in [1.82, 2.24) is 0 Å². The molecule has 0 spiro atoms.